The van der Waals surface area contributed by atoms with E-state index in [1.807, 2.05) is 0 Å². The van der Waals surface area contributed by atoms with Gasteiger partial charge in [-0.25, -0.2) is 0 Å². The predicted molar refractivity (Wildman–Crippen MR) is 43.3 cm³/mol. The molecule has 0 aliphatic carbocycles. The molecule has 1 aliphatic rings. The van der Waals surface area contributed by atoms with E-state index in [0.717, 1.165) is 0 Å². The SMILES string of the molecule is O=C1C[C@@H](C(=O)O)[C@H](c2ccco2)O1. The number of carboxylic acids is 1. The van der Waals surface area contributed by atoms with Crippen LogP contribution in [0.15, 0.2) is 22.8 Å². The van der Waals surface area contributed by atoms with E-state index >= 15 is 0 Å². The summed E-state index contributed by atoms with van der Waals surface area (Å²) < 4.78 is 9.87. The zero-order valence-electron chi connectivity index (χ0n) is 7.17. The number of ether oxygens (including phenoxy) is 1. The quantitative estimate of drug-likeness (QED) is 0.713. The Hall–Kier alpha value is -1.78. The third kappa shape index (κ3) is 1.37. The van der Waals surface area contributed by atoms with Crippen molar-refractivity contribution in [1.29, 1.82) is 0 Å². The topological polar surface area (TPSA) is 76.7 Å². The highest BCUT2D eigenvalue weighted by atomic mass is 16.6. The lowest BCUT2D eigenvalue weighted by Crippen LogP contribution is -2.16. The highest BCUT2D eigenvalue weighted by Gasteiger charge is 2.42. The fraction of sp³-hybridized carbons (Fsp3) is 0.333. The van der Waals surface area contributed by atoms with Gasteiger partial charge in [0.1, 0.15) is 11.7 Å². The molecule has 0 amide bonds. The Morgan fingerprint density at radius 1 is 1.57 bits per heavy atom. The number of hydrogen-bond acceptors (Lipinski definition) is 4. The zero-order chi connectivity index (χ0) is 10.1. The molecule has 1 saturated heterocycles. The maximum Gasteiger partial charge on any atom is 0.311 e. The van der Waals surface area contributed by atoms with Gasteiger partial charge >= 0.3 is 11.9 Å². The van der Waals surface area contributed by atoms with E-state index < -0.39 is 24.0 Å². The highest BCUT2D eigenvalue weighted by molar-refractivity contribution is 5.82. The summed E-state index contributed by atoms with van der Waals surface area (Å²) in [6.45, 7) is 0. The highest BCUT2D eigenvalue weighted by Crippen LogP contribution is 2.35. The van der Waals surface area contributed by atoms with Gasteiger partial charge in [0.15, 0.2) is 6.10 Å². The lowest BCUT2D eigenvalue weighted by Gasteiger charge is -2.10. The largest absolute Gasteiger partial charge is 0.481 e. The summed E-state index contributed by atoms with van der Waals surface area (Å²) in [5.41, 5.74) is 0. The van der Waals surface area contributed by atoms with Gasteiger partial charge in [-0.05, 0) is 12.1 Å². The van der Waals surface area contributed by atoms with Crippen molar-refractivity contribution in [3.05, 3.63) is 24.2 Å². The molecule has 1 aliphatic heterocycles. The van der Waals surface area contributed by atoms with Gasteiger partial charge in [0.05, 0.1) is 12.7 Å². The van der Waals surface area contributed by atoms with E-state index in [9.17, 15) is 9.59 Å². The number of furan rings is 1. The summed E-state index contributed by atoms with van der Waals surface area (Å²) in [7, 11) is 0. The smallest absolute Gasteiger partial charge is 0.311 e. The van der Waals surface area contributed by atoms with Crippen LogP contribution in [0.5, 0.6) is 0 Å². The van der Waals surface area contributed by atoms with Gasteiger partial charge in [0.25, 0.3) is 0 Å². The van der Waals surface area contributed by atoms with Crippen molar-refractivity contribution in [3.8, 4) is 0 Å². The third-order valence-corrected chi connectivity index (χ3v) is 2.15. The average molecular weight is 196 g/mol. The van der Waals surface area contributed by atoms with Gasteiger partial charge in [-0.1, -0.05) is 0 Å². The molecule has 0 unspecified atom stereocenters. The van der Waals surface area contributed by atoms with Crippen LogP contribution in [0.1, 0.15) is 18.3 Å². The Morgan fingerprint density at radius 3 is 2.93 bits per heavy atom. The molecule has 2 rings (SSSR count). The van der Waals surface area contributed by atoms with Crippen molar-refractivity contribution in [2.75, 3.05) is 0 Å². The van der Waals surface area contributed by atoms with Crippen molar-refractivity contribution < 1.29 is 23.8 Å². The summed E-state index contributed by atoms with van der Waals surface area (Å²) in [6.07, 6.45) is 0.538. The minimum Gasteiger partial charge on any atom is -0.481 e. The maximum atomic E-state index is 10.9. The molecular weight excluding hydrogens is 188 g/mol. The Kier molecular flexibility index (Phi) is 1.99. The summed E-state index contributed by atoms with van der Waals surface area (Å²) in [6, 6.07) is 3.22. The molecule has 1 aromatic rings. The third-order valence-electron chi connectivity index (χ3n) is 2.15. The van der Waals surface area contributed by atoms with Crippen LogP contribution < -0.4 is 0 Å². The van der Waals surface area contributed by atoms with Gasteiger partial charge in [-0.15, -0.1) is 0 Å². The minimum absolute atomic E-state index is 0.0965. The number of esters is 1. The molecule has 1 aromatic heterocycles. The number of rotatable bonds is 2. The molecule has 0 radical (unpaired) electrons. The first-order valence-corrected chi connectivity index (χ1v) is 4.14. The fourth-order valence-electron chi connectivity index (χ4n) is 1.48. The van der Waals surface area contributed by atoms with Crippen LogP contribution in [0.3, 0.4) is 0 Å². The number of aliphatic carboxylic acids is 1. The zero-order valence-corrected chi connectivity index (χ0v) is 7.17. The number of carboxylic acid groups (broad SMARTS) is 1. The van der Waals surface area contributed by atoms with Gasteiger partial charge in [0.2, 0.25) is 0 Å². The van der Waals surface area contributed by atoms with E-state index in [4.69, 9.17) is 14.3 Å². The molecule has 2 atom stereocenters. The molecule has 0 saturated carbocycles. The molecule has 14 heavy (non-hydrogen) atoms. The van der Waals surface area contributed by atoms with Crippen LogP contribution in [-0.2, 0) is 14.3 Å². The number of carbonyl (C=O) groups is 2. The Labute approximate surface area is 79.3 Å². The molecule has 2 heterocycles. The molecule has 0 bridgehead atoms. The van der Waals surface area contributed by atoms with Crippen LogP contribution in [0.25, 0.3) is 0 Å². The second-order valence-corrected chi connectivity index (χ2v) is 3.07. The van der Waals surface area contributed by atoms with E-state index in [2.05, 4.69) is 0 Å². The fourth-order valence-corrected chi connectivity index (χ4v) is 1.48. The lowest BCUT2D eigenvalue weighted by molar-refractivity contribution is -0.145. The standard InChI is InChI=1S/C9H8O5/c10-7-4-5(9(11)12)8(14-7)6-2-1-3-13-6/h1-3,5,8H,4H2,(H,11,12)/t5-,8-/m1/s1. The van der Waals surface area contributed by atoms with E-state index in [-0.39, 0.29) is 6.42 Å². The Bertz CT molecular complexity index is 353. The lowest BCUT2D eigenvalue weighted by atomic mass is 10.00. The summed E-state index contributed by atoms with van der Waals surface area (Å²) in [4.78, 5) is 21.7. The first-order chi connectivity index (χ1) is 6.68. The van der Waals surface area contributed by atoms with Gasteiger partial charge in [0, 0.05) is 0 Å². The van der Waals surface area contributed by atoms with E-state index in [0.29, 0.717) is 5.76 Å². The second-order valence-electron chi connectivity index (χ2n) is 3.07. The van der Waals surface area contributed by atoms with Crippen molar-refractivity contribution in [3.63, 3.8) is 0 Å². The summed E-state index contributed by atoms with van der Waals surface area (Å²) in [5, 5.41) is 8.83. The normalized spacial score (nSPS) is 26.1. The van der Waals surface area contributed by atoms with E-state index in [1.54, 1.807) is 12.1 Å². The maximum absolute atomic E-state index is 10.9. The average Bonchev–Trinajstić information content (AvgIpc) is 2.70. The molecule has 1 N–H and O–H groups in total. The first-order valence-electron chi connectivity index (χ1n) is 4.14. The van der Waals surface area contributed by atoms with Gasteiger partial charge < -0.3 is 14.3 Å². The Balaban J connectivity index is 2.26. The molecule has 5 nitrogen and oxygen atoms in total. The minimum atomic E-state index is -1.04. The first kappa shape index (κ1) is 8.80. The van der Waals surface area contributed by atoms with Crippen LogP contribution in [0, 0.1) is 5.92 Å². The van der Waals surface area contributed by atoms with Crippen LogP contribution in [0.2, 0.25) is 0 Å². The monoisotopic (exact) mass is 196 g/mol. The summed E-state index contributed by atoms with van der Waals surface area (Å²) in [5.74, 6) is -2.01. The predicted octanol–water partition coefficient (Wildman–Crippen LogP) is 0.968. The van der Waals surface area contributed by atoms with Crippen molar-refractivity contribution in [1.82, 2.24) is 0 Å². The van der Waals surface area contributed by atoms with E-state index in [1.165, 1.54) is 6.26 Å². The van der Waals surface area contributed by atoms with Crippen LogP contribution in [-0.4, -0.2) is 17.0 Å². The van der Waals surface area contributed by atoms with Gasteiger partial charge in [-0.3, -0.25) is 9.59 Å². The van der Waals surface area contributed by atoms with Gasteiger partial charge in [-0.2, -0.15) is 0 Å². The number of carbonyl (C=O) groups excluding carboxylic acids is 1. The van der Waals surface area contributed by atoms with Crippen molar-refractivity contribution in [2.24, 2.45) is 5.92 Å². The second kappa shape index (κ2) is 3.17. The van der Waals surface area contributed by atoms with Crippen LogP contribution in [0.4, 0.5) is 0 Å². The Morgan fingerprint density at radius 2 is 2.36 bits per heavy atom. The number of cyclic esters (lactones) is 1. The molecule has 74 valence electrons. The molecule has 0 aromatic carbocycles. The van der Waals surface area contributed by atoms with Crippen LogP contribution >= 0.6 is 0 Å². The van der Waals surface area contributed by atoms with Crippen molar-refractivity contribution >= 4 is 11.9 Å². The summed E-state index contributed by atoms with van der Waals surface area (Å²) >= 11 is 0. The molecule has 5 heteroatoms. The molecule has 1 fully saturated rings. The number of hydrogen-bond donors (Lipinski definition) is 1. The molecular formula is C9H8O5. The van der Waals surface area contributed by atoms with Crippen molar-refractivity contribution in [2.45, 2.75) is 12.5 Å². The molecule has 0 spiro atoms.